The van der Waals surface area contributed by atoms with Gasteiger partial charge in [0, 0.05) is 18.2 Å². The van der Waals surface area contributed by atoms with Crippen LogP contribution in [0.4, 0.5) is 5.69 Å². The van der Waals surface area contributed by atoms with Crippen molar-refractivity contribution in [3.05, 3.63) is 78.9 Å². The molecule has 0 aliphatic rings. The minimum absolute atomic E-state index is 0.0875. The summed E-state index contributed by atoms with van der Waals surface area (Å²) in [6.45, 7) is 1.55. The van der Waals surface area contributed by atoms with E-state index in [0.29, 0.717) is 23.6 Å². The summed E-state index contributed by atoms with van der Waals surface area (Å²) in [6.07, 6.45) is 0.389. The second-order valence-corrected chi connectivity index (χ2v) is 6.08. The summed E-state index contributed by atoms with van der Waals surface area (Å²) in [4.78, 5) is 23.5. The van der Waals surface area contributed by atoms with Gasteiger partial charge in [0.05, 0.1) is 0 Å². The summed E-state index contributed by atoms with van der Waals surface area (Å²) in [5.74, 6) is 0.341. The average Bonchev–Trinajstić information content (AvgIpc) is 2.73. The van der Waals surface area contributed by atoms with Crippen molar-refractivity contribution in [1.29, 1.82) is 0 Å². The van der Waals surface area contributed by atoms with E-state index < -0.39 is 5.97 Å². The van der Waals surface area contributed by atoms with E-state index in [1.54, 1.807) is 43.3 Å². The second-order valence-electron chi connectivity index (χ2n) is 6.08. The van der Waals surface area contributed by atoms with Crippen molar-refractivity contribution in [2.75, 3.05) is 11.9 Å². The van der Waals surface area contributed by atoms with Crippen molar-refractivity contribution in [3.63, 3.8) is 0 Å². The zero-order valence-corrected chi connectivity index (χ0v) is 15.6. The average molecular weight is 375 g/mol. The molecule has 142 valence electrons. The Morgan fingerprint density at radius 1 is 0.821 bits per heavy atom. The number of benzene rings is 3. The number of esters is 1. The van der Waals surface area contributed by atoms with Crippen molar-refractivity contribution >= 4 is 17.6 Å². The number of hydrogen-bond donors (Lipinski definition) is 1. The number of carbonyl (C=O) groups excluding carboxylic acids is 2. The summed E-state index contributed by atoms with van der Waals surface area (Å²) in [5, 5.41) is 2.74. The molecule has 3 rings (SSSR count). The molecule has 5 nitrogen and oxygen atoms in total. The Bertz CT molecular complexity index is 936. The fraction of sp³-hybridized carbons (Fsp3) is 0.130. The van der Waals surface area contributed by atoms with E-state index in [9.17, 15) is 9.59 Å². The number of ether oxygens (including phenoxy) is 2. The molecule has 3 aromatic carbocycles. The number of amides is 1. The molecule has 0 saturated carbocycles. The van der Waals surface area contributed by atoms with Crippen LogP contribution >= 0.6 is 0 Å². The van der Waals surface area contributed by atoms with Gasteiger partial charge in [0.1, 0.15) is 11.5 Å². The quantitative estimate of drug-likeness (QED) is 0.481. The summed E-state index contributed by atoms with van der Waals surface area (Å²) >= 11 is 0. The van der Waals surface area contributed by atoms with Gasteiger partial charge in [-0.1, -0.05) is 55.5 Å². The maximum absolute atomic E-state index is 12.0. The molecule has 0 radical (unpaired) electrons. The molecule has 0 atom stereocenters. The van der Waals surface area contributed by atoms with Crippen LogP contribution in [0.1, 0.15) is 13.3 Å². The Morgan fingerprint density at radius 2 is 1.54 bits per heavy atom. The lowest BCUT2D eigenvalue weighted by Gasteiger charge is -2.09. The molecule has 0 aromatic heterocycles. The second kappa shape index (κ2) is 9.37. The van der Waals surface area contributed by atoms with Gasteiger partial charge in [-0.25, -0.2) is 4.79 Å². The number of carbonyl (C=O) groups is 2. The van der Waals surface area contributed by atoms with Crippen molar-refractivity contribution in [3.8, 4) is 22.6 Å². The van der Waals surface area contributed by atoms with Gasteiger partial charge in [-0.15, -0.1) is 0 Å². The zero-order chi connectivity index (χ0) is 19.8. The van der Waals surface area contributed by atoms with Crippen LogP contribution in [0.2, 0.25) is 0 Å². The first-order chi connectivity index (χ1) is 13.6. The maximum atomic E-state index is 12.0. The minimum atomic E-state index is -0.504. The molecule has 1 N–H and O–H groups in total. The number of anilines is 1. The Balaban J connectivity index is 1.53. The van der Waals surface area contributed by atoms with Gasteiger partial charge in [-0.05, 0) is 35.4 Å². The lowest BCUT2D eigenvalue weighted by molar-refractivity contribution is -0.136. The van der Waals surface area contributed by atoms with E-state index in [0.717, 1.165) is 11.1 Å². The highest BCUT2D eigenvalue weighted by Gasteiger charge is 2.08. The number of nitrogens with one attached hydrogen (secondary N) is 1. The molecule has 0 spiro atoms. The first kappa shape index (κ1) is 19.2. The van der Waals surface area contributed by atoms with Gasteiger partial charge in [-0.3, -0.25) is 4.79 Å². The SMILES string of the molecule is CCC(=O)Nc1cccc(OCC(=O)Oc2ccc(-c3ccccc3)cc2)c1. The molecule has 0 saturated heterocycles. The van der Waals surface area contributed by atoms with Crippen LogP contribution in [-0.2, 0) is 9.59 Å². The Labute approximate surface area is 163 Å². The van der Waals surface area contributed by atoms with Gasteiger partial charge < -0.3 is 14.8 Å². The third-order valence-electron chi connectivity index (χ3n) is 3.99. The van der Waals surface area contributed by atoms with E-state index in [2.05, 4.69) is 5.32 Å². The summed E-state index contributed by atoms with van der Waals surface area (Å²) in [6, 6.07) is 24.1. The fourth-order valence-electron chi connectivity index (χ4n) is 2.56. The highest BCUT2D eigenvalue weighted by Crippen LogP contribution is 2.22. The van der Waals surface area contributed by atoms with E-state index >= 15 is 0 Å². The third kappa shape index (κ3) is 5.45. The summed E-state index contributed by atoms with van der Waals surface area (Å²) < 4.78 is 10.8. The highest BCUT2D eigenvalue weighted by molar-refractivity contribution is 5.90. The lowest BCUT2D eigenvalue weighted by Crippen LogP contribution is -2.17. The van der Waals surface area contributed by atoms with E-state index in [-0.39, 0.29) is 12.5 Å². The lowest BCUT2D eigenvalue weighted by atomic mass is 10.1. The highest BCUT2D eigenvalue weighted by atomic mass is 16.6. The first-order valence-corrected chi connectivity index (χ1v) is 9.03. The van der Waals surface area contributed by atoms with Crippen molar-refractivity contribution < 1.29 is 19.1 Å². The summed E-state index contributed by atoms with van der Waals surface area (Å²) in [7, 11) is 0. The molecule has 1 amide bonds. The van der Waals surface area contributed by atoms with Crippen molar-refractivity contribution in [1.82, 2.24) is 0 Å². The van der Waals surface area contributed by atoms with Crippen molar-refractivity contribution in [2.24, 2.45) is 0 Å². The van der Waals surface area contributed by atoms with Crippen LogP contribution in [0, 0.1) is 0 Å². The van der Waals surface area contributed by atoms with Crippen LogP contribution in [-0.4, -0.2) is 18.5 Å². The van der Waals surface area contributed by atoms with Gasteiger partial charge in [0.2, 0.25) is 5.91 Å². The van der Waals surface area contributed by atoms with Crippen LogP contribution < -0.4 is 14.8 Å². The molecule has 28 heavy (non-hydrogen) atoms. The zero-order valence-electron chi connectivity index (χ0n) is 15.6. The van der Waals surface area contributed by atoms with Crippen molar-refractivity contribution in [2.45, 2.75) is 13.3 Å². The minimum Gasteiger partial charge on any atom is -0.482 e. The Hall–Kier alpha value is -3.60. The number of rotatable bonds is 7. The Morgan fingerprint density at radius 3 is 2.25 bits per heavy atom. The van der Waals surface area contributed by atoms with Crippen LogP contribution in [0.3, 0.4) is 0 Å². The third-order valence-corrected chi connectivity index (χ3v) is 3.99. The molecule has 0 bridgehead atoms. The normalized spacial score (nSPS) is 10.2. The molecular formula is C23H21NO4. The predicted octanol–water partition coefficient (Wildman–Crippen LogP) is 4.69. The molecular weight excluding hydrogens is 354 g/mol. The van der Waals surface area contributed by atoms with Crippen LogP contribution in [0.25, 0.3) is 11.1 Å². The predicted molar refractivity (Wildman–Crippen MR) is 108 cm³/mol. The van der Waals surface area contributed by atoms with Crippen LogP contribution in [0.15, 0.2) is 78.9 Å². The van der Waals surface area contributed by atoms with Gasteiger partial charge in [0.25, 0.3) is 0 Å². The molecule has 3 aromatic rings. The van der Waals surface area contributed by atoms with Gasteiger partial charge >= 0.3 is 5.97 Å². The van der Waals surface area contributed by atoms with Crippen LogP contribution in [0.5, 0.6) is 11.5 Å². The van der Waals surface area contributed by atoms with E-state index in [1.165, 1.54) is 0 Å². The first-order valence-electron chi connectivity index (χ1n) is 9.03. The Kier molecular flexibility index (Phi) is 6.41. The summed E-state index contributed by atoms with van der Waals surface area (Å²) in [5.41, 5.74) is 2.76. The fourth-order valence-corrected chi connectivity index (χ4v) is 2.56. The van der Waals surface area contributed by atoms with E-state index in [1.807, 2.05) is 42.5 Å². The molecule has 0 aliphatic carbocycles. The van der Waals surface area contributed by atoms with E-state index in [4.69, 9.17) is 9.47 Å². The number of hydrogen-bond acceptors (Lipinski definition) is 4. The molecule has 5 heteroatoms. The molecule has 0 unspecified atom stereocenters. The van der Waals surface area contributed by atoms with Gasteiger partial charge in [0.15, 0.2) is 6.61 Å². The smallest absolute Gasteiger partial charge is 0.349 e. The topological polar surface area (TPSA) is 64.6 Å². The molecule has 0 aliphatic heterocycles. The maximum Gasteiger partial charge on any atom is 0.349 e. The molecule has 0 fully saturated rings. The largest absolute Gasteiger partial charge is 0.482 e. The standard InChI is InChI=1S/C23H21NO4/c1-2-22(25)24-19-9-6-10-21(15-19)27-16-23(26)28-20-13-11-18(12-14-20)17-7-4-3-5-8-17/h3-15H,2,16H2,1H3,(H,24,25). The molecule has 0 heterocycles. The van der Waals surface area contributed by atoms with Gasteiger partial charge in [-0.2, -0.15) is 0 Å². The monoisotopic (exact) mass is 375 g/mol.